The molecule has 10 heteroatoms. The van der Waals surface area contributed by atoms with Crippen LogP contribution in [0.5, 0.6) is 0 Å². The first-order valence-corrected chi connectivity index (χ1v) is 8.78. The Labute approximate surface area is 159 Å². The van der Waals surface area contributed by atoms with Crippen molar-refractivity contribution in [2.24, 2.45) is 0 Å². The standard InChI is InChI=1S/C17H20N4O5S/c1-10(22)18-16-20-13(14(27-16)15(23)21(2)26-3)9-6-11-4-7-12(8-5-11)19-17(24)25/h4-5,7-8,19H,6,9H2,1-3H3,(H,24,25)(H,18,20,22)/p-1. The summed E-state index contributed by atoms with van der Waals surface area (Å²) in [6, 6.07) is 6.80. The van der Waals surface area contributed by atoms with Crippen molar-refractivity contribution in [3.63, 3.8) is 0 Å². The predicted octanol–water partition coefficient (Wildman–Crippen LogP) is 1.28. The number of hydrogen-bond donors (Lipinski definition) is 2. The molecule has 0 bridgehead atoms. The van der Waals surface area contributed by atoms with Gasteiger partial charge in [-0.25, -0.2) is 10.0 Å². The highest BCUT2D eigenvalue weighted by Crippen LogP contribution is 2.26. The van der Waals surface area contributed by atoms with Gasteiger partial charge in [0, 0.05) is 19.7 Å². The molecule has 1 aromatic heterocycles. The highest BCUT2D eigenvalue weighted by molar-refractivity contribution is 7.17. The zero-order chi connectivity index (χ0) is 20.0. The highest BCUT2D eigenvalue weighted by Gasteiger charge is 2.21. The SMILES string of the molecule is CON(C)C(=O)c1sc(NC(C)=O)nc1CCc1ccc(NC(=O)[O-])cc1. The molecule has 0 fully saturated rings. The highest BCUT2D eigenvalue weighted by atomic mass is 32.1. The van der Waals surface area contributed by atoms with E-state index in [0.717, 1.165) is 22.0 Å². The van der Waals surface area contributed by atoms with Gasteiger partial charge < -0.3 is 20.5 Å². The number of carbonyl (C=O) groups is 3. The molecule has 1 aromatic carbocycles. The third kappa shape index (κ3) is 5.76. The lowest BCUT2D eigenvalue weighted by molar-refractivity contribution is -0.242. The number of carbonyl (C=O) groups excluding carboxylic acids is 3. The van der Waals surface area contributed by atoms with Gasteiger partial charge in [-0.2, -0.15) is 0 Å². The summed E-state index contributed by atoms with van der Waals surface area (Å²) in [6.45, 7) is 1.37. The fraction of sp³-hybridized carbons (Fsp3) is 0.294. The first-order valence-electron chi connectivity index (χ1n) is 7.96. The van der Waals surface area contributed by atoms with E-state index in [2.05, 4.69) is 15.6 Å². The fourth-order valence-electron chi connectivity index (χ4n) is 2.25. The van der Waals surface area contributed by atoms with Crippen LogP contribution in [0.1, 0.15) is 27.9 Å². The minimum atomic E-state index is -1.37. The molecule has 9 nitrogen and oxygen atoms in total. The van der Waals surface area contributed by atoms with Gasteiger partial charge in [-0.15, -0.1) is 0 Å². The van der Waals surface area contributed by atoms with E-state index in [4.69, 9.17) is 4.84 Å². The zero-order valence-corrected chi connectivity index (χ0v) is 15.9. The maximum absolute atomic E-state index is 12.4. The lowest BCUT2D eigenvalue weighted by Gasteiger charge is -2.13. The average Bonchev–Trinajstić information content (AvgIpc) is 3.01. The van der Waals surface area contributed by atoms with Gasteiger partial charge in [-0.05, 0) is 30.5 Å². The van der Waals surface area contributed by atoms with E-state index in [-0.39, 0.29) is 11.8 Å². The number of amides is 3. The molecule has 0 radical (unpaired) electrons. The number of thiazole rings is 1. The Kier molecular flexibility index (Phi) is 6.85. The Balaban J connectivity index is 2.16. The van der Waals surface area contributed by atoms with Crippen LogP contribution >= 0.6 is 11.3 Å². The molecule has 2 rings (SSSR count). The maximum atomic E-state index is 12.4. The normalized spacial score (nSPS) is 10.3. The van der Waals surface area contributed by atoms with E-state index in [1.54, 1.807) is 24.3 Å². The number of aromatic nitrogens is 1. The molecule has 1 heterocycles. The molecular formula is C17H19N4O5S-. The number of nitrogens with one attached hydrogen (secondary N) is 2. The number of hydrogen-bond acceptors (Lipinski definition) is 7. The molecular weight excluding hydrogens is 372 g/mol. The minimum Gasteiger partial charge on any atom is -0.530 e. The predicted molar refractivity (Wildman–Crippen MR) is 98.4 cm³/mol. The molecule has 0 aliphatic heterocycles. The van der Waals surface area contributed by atoms with Gasteiger partial charge in [0.1, 0.15) is 11.0 Å². The quantitative estimate of drug-likeness (QED) is 0.685. The van der Waals surface area contributed by atoms with E-state index in [1.165, 1.54) is 21.1 Å². The molecule has 2 aromatic rings. The van der Waals surface area contributed by atoms with Crippen LogP contribution in [0.2, 0.25) is 0 Å². The summed E-state index contributed by atoms with van der Waals surface area (Å²) in [5, 5.41) is 16.7. The third-order valence-corrected chi connectivity index (χ3v) is 4.59. The van der Waals surface area contributed by atoms with E-state index in [0.29, 0.717) is 34.2 Å². The van der Waals surface area contributed by atoms with Crippen molar-refractivity contribution in [3.8, 4) is 0 Å². The van der Waals surface area contributed by atoms with Crippen LogP contribution in [0.3, 0.4) is 0 Å². The lowest BCUT2D eigenvalue weighted by atomic mass is 10.1. The first kappa shape index (κ1) is 20.3. The van der Waals surface area contributed by atoms with Gasteiger partial charge in [-0.3, -0.25) is 14.4 Å². The fourth-order valence-corrected chi connectivity index (χ4v) is 3.28. The topological polar surface area (TPSA) is 124 Å². The molecule has 27 heavy (non-hydrogen) atoms. The molecule has 0 atom stereocenters. The summed E-state index contributed by atoms with van der Waals surface area (Å²) in [4.78, 5) is 43.9. The Hall–Kier alpha value is -2.98. The van der Waals surface area contributed by atoms with Gasteiger partial charge in [0.05, 0.1) is 12.8 Å². The van der Waals surface area contributed by atoms with Crippen molar-refractivity contribution < 1.29 is 24.3 Å². The molecule has 2 N–H and O–H groups in total. The first-order chi connectivity index (χ1) is 12.8. The van der Waals surface area contributed by atoms with E-state index >= 15 is 0 Å². The van der Waals surface area contributed by atoms with Gasteiger partial charge in [0.2, 0.25) is 5.91 Å². The summed E-state index contributed by atoms with van der Waals surface area (Å²) in [6.07, 6.45) is -0.338. The summed E-state index contributed by atoms with van der Waals surface area (Å²) in [5.41, 5.74) is 1.90. The molecule has 0 saturated heterocycles. The van der Waals surface area contributed by atoms with Crippen LogP contribution in [0, 0.1) is 0 Å². The molecule has 0 aliphatic rings. The maximum Gasteiger partial charge on any atom is 0.289 e. The van der Waals surface area contributed by atoms with Crippen LogP contribution in [0.25, 0.3) is 0 Å². The van der Waals surface area contributed by atoms with E-state index < -0.39 is 6.09 Å². The second-order valence-corrected chi connectivity index (χ2v) is 6.57. The van der Waals surface area contributed by atoms with Crippen molar-refractivity contribution in [3.05, 3.63) is 40.4 Å². The average molecular weight is 391 g/mol. The van der Waals surface area contributed by atoms with E-state index in [9.17, 15) is 19.5 Å². The number of carboxylic acid groups (broad SMARTS) is 1. The van der Waals surface area contributed by atoms with Crippen molar-refractivity contribution in [2.75, 3.05) is 24.8 Å². The van der Waals surface area contributed by atoms with Crippen molar-refractivity contribution in [1.29, 1.82) is 0 Å². The number of aryl methyl sites for hydroxylation is 2. The van der Waals surface area contributed by atoms with Gasteiger partial charge in [0.25, 0.3) is 5.91 Å². The largest absolute Gasteiger partial charge is 0.530 e. The minimum absolute atomic E-state index is 0.273. The Morgan fingerprint density at radius 1 is 1.19 bits per heavy atom. The molecule has 3 amide bonds. The third-order valence-electron chi connectivity index (χ3n) is 3.59. The number of anilines is 2. The van der Waals surface area contributed by atoms with Crippen molar-refractivity contribution >= 4 is 40.1 Å². The summed E-state index contributed by atoms with van der Waals surface area (Å²) >= 11 is 1.09. The van der Waals surface area contributed by atoms with Gasteiger partial charge in [0.15, 0.2) is 5.13 Å². The van der Waals surface area contributed by atoms with Crippen LogP contribution < -0.4 is 15.7 Å². The molecule has 0 unspecified atom stereocenters. The number of benzene rings is 1. The zero-order valence-electron chi connectivity index (χ0n) is 15.1. The Bertz CT molecular complexity index is 834. The molecule has 144 valence electrons. The molecule has 0 spiro atoms. The Morgan fingerprint density at radius 2 is 1.85 bits per heavy atom. The van der Waals surface area contributed by atoms with Crippen LogP contribution in [-0.2, 0) is 22.5 Å². The number of hydroxylamine groups is 2. The Morgan fingerprint density at radius 3 is 2.41 bits per heavy atom. The van der Waals surface area contributed by atoms with Crippen LogP contribution in [0.4, 0.5) is 15.6 Å². The summed E-state index contributed by atoms with van der Waals surface area (Å²) in [7, 11) is 2.88. The van der Waals surface area contributed by atoms with E-state index in [1.807, 2.05) is 0 Å². The van der Waals surface area contributed by atoms with Crippen LogP contribution in [-0.4, -0.2) is 42.1 Å². The number of rotatable bonds is 7. The molecule has 0 saturated carbocycles. The molecule has 0 aliphatic carbocycles. The second-order valence-electron chi connectivity index (χ2n) is 5.57. The lowest BCUT2D eigenvalue weighted by Crippen LogP contribution is -2.28. The second kappa shape index (κ2) is 9.10. The van der Waals surface area contributed by atoms with Gasteiger partial charge in [-0.1, -0.05) is 23.5 Å². The number of nitrogens with zero attached hydrogens (tertiary/aromatic N) is 2. The van der Waals surface area contributed by atoms with Gasteiger partial charge >= 0.3 is 0 Å². The van der Waals surface area contributed by atoms with Crippen molar-refractivity contribution in [2.45, 2.75) is 19.8 Å². The smallest absolute Gasteiger partial charge is 0.289 e. The monoisotopic (exact) mass is 391 g/mol. The van der Waals surface area contributed by atoms with Crippen molar-refractivity contribution in [1.82, 2.24) is 10.0 Å². The summed E-state index contributed by atoms with van der Waals surface area (Å²) < 4.78 is 0. The summed E-state index contributed by atoms with van der Waals surface area (Å²) in [5.74, 6) is -0.625. The van der Waals surface area contributed by atoms with Crippen LogP contribution in [0.15, 0.2) is 24.3 Å².